The molecule has 0 bridgehead atoms. The van der Waals surface area contributed by atoms with Crippen molar-refractivity contribution in [3.8, 4) is 0 Å². The normalized spacial score (nSPS) is 18.0. The van der Waals surface area contributed by atoms with Gasteiger partial charge in [-0.2, -0.15) is 13.2 Å². The molecule has 4 rings (SSSR count). The van der Waals surface area contributed by atoms with E-state index in [9.17, 15) is 18.0 Å². The van der Waals surface area contributed by atoms with E-state index in [1.54, 1.807) is 0 Å². The molecule has 1 aromatic carbocycles. The van der Waals surface area contributed by atoms with Crippen LogP contribution in [0.15, 0.2) is 30.3 Å². The van der Waals surface area contributed by atoms with Gasteiger partial charge in [-0.15, -0.1) is 5.10 Å². The number of alkyl halides is 3. The van der Waals surface area contributed by atoms with Gasteiger partial charge in [0.1, 0.15) is 0 Å². The SMILES string of the molecule is CC(C)c1snnc1C(=O)NC1CC2(CCN(CCc3ccccc3)CC2)C1.O=C(O)C(F)(F)F. The van der Waals surface area contributed by atoms with Crippen LogP contribution in [0.4, 0.5) is 13.2 Å². The highest BCUT2D eigenvalue weighted by atomic mass is 32.1. The molecule has 192 valence electrons. The van der Waals surface area contributed by atoms with Gasteiger partial charge in [-0.1, -0.05) is 48.7 Å². The molecule has 2 aromatic rings. The molecule has 7 nitrogen and oxygen atoms in total. The second kappa shape index (κ2) is 11.5. The number of rotatable bonds is 6. The van der Waals surface area contributed by atoms with Gasteiger partial charge in [0.05, 0.1) is 4.88 Å². The minimum absolute atomic E-state index is 0.0439. The molecular formula is C24H31F3N4O3S. The van der Waals surface area contributed by atoms with Crippen molar-refractivity contribution in [3.63, 3.8) is 0 Å². The number of carbonyl (C=O) groups is 2. The lowest BCUT2D eigenvalue weighted by Gasteiger charge is -2.52. The number of amides is 1. The molecule has 0 unspecified atom stereocenters. The van der Waals surface area contributed by atoms with E-state index in [4.69, 9.17) is 9.90 Å². The summed E-state index contributed by atoms with van der Waals surface area (Å²) in [6.45, 7) is 7.67. The van der Waals surface area contributed by atoms with Crippen LogP contribution in [-0.4, -0.2) is 63.3 Å². The summed E-state index contributed by atoms with van der Waals surface area (Å²) in [5, 5.41) is 14.4. The molecule has 1 aromatic heterocycles. The second-order valence-electron chi connectivity index (χ2n) is 9.60. The molecule has 2 aliphatic rings. The van der Waals surface area contributed by atoms with E-state index < -0.39 is 12.1 Å². The number of nitrogens with one attached hydrogen (secondary N) is 1. The summed E-state index contributed by atoms with van der Waals surface area (Å²) in [6.07, 6.45) is 0.777. The van der Waals surface area contributed by atoms with Crippen LogP contribution in [0.5, 0.6) is 0 Å². The zero-order valence-electron chi connectivity index (χ0n) is 19.8. The Bertz CT molecular complexity index is 981. The summed E-state index contributed by atoms with van der Waals surface area (Å²) in [7, 11) is 0. The van der Waals surface area contributed by atoms with Gasteiger partial charge in [-0.25, -0.2) is 4.79 Å². The Kier molecular flexibility index (Phi) is 8.87. The summed E-state index contributed by atoms with van der Waals surface area (Å²) in [4.78, 5) is 25.0. The lowest BCUT2D eigenvalue weighted by molar-refractivity contribution is -0.192. The van der Waals surface area contributed by atoms with Gasteiger partial charge in [-0.05, 0) is 73.6 Å². The Balaban J connectivity index is 0.000000429. The predicted octanol–water partition coefficient (Wildman–Crippen LogP) is 4.51. The molecule has 1 spiro atoms. The number of carbonyl (C=O) groups excluding carboxylic acids is 1. The van der Waals surface area contributed by atoms with E-state index in [0.717, 1.165) is 30.7 Å². The summed E-state index contributed by atoms with van der Waals surface area (Å²) in [5.74, 6) is -2.52. The third-order valence-corrected chi connectivity index (χ3v) is 7.69. The average molecular weight is 513 g/mol. The Morgan fingerprint density at radius 1 is 1.20 bits per heavy atom. The van der Waals surface area contributed by atoms with Crippen molar-refractivity contribution in [2.45, 2.75) is 64.1 Å². The minimum atomic E-state index is -5.08. The Morgan fingerprint density at radius 2 is 1.80 bits per heavy atom. The fourth-order valence-electron chi connectivity index (χ4n) is 4.67. The maximum absolute atomic E-state index is 12.6. The van der Waals surface area contributed by atoms with Crippen LogP contribution < -0.4 is 5.32 Å². The van der Waals surface area contributed by atoms with E-state index in [2.05, 4.69) is 64.0 Å². The number of piperidine rings is 1. The van der Waals surface area contributed by atoms with Crippen LogP contribution in [0.1, 0.15) is 66.4 Å². The molecule has 35 heavy (non-hydrogen) atoms. The third kappa shape index (κ3) is 7.47. The number of likely N-dealkylation sites (tertiary alicyclic amines) is 1. The van der Waals surface area contributed by atoms with Gasteiger partial charge >= 0.3 is 12.1 Å². The van der Waals surface area contributed by atoms with Crippen molar-refractivity contribution < 1.29 is 27.9 Å². The van der Waals surface area contributed by atoms with E-state index in [-0.39, 0.29) is 11.8 Å². The highest BCUT2D eigenvalue weighted by Crippen LogP contribution is 2.49. The number of aliphatic carboxylic acids is 1. The lowest BCUT2D eigenvalue weighted by atomic mass is 9.60. The zero-order valence-corrected chi connectivity index (χ0v) is 20.7. The molecule has 11 heteroatoms. The van der Waals surface area contributed by atoms with Crippen molar-refractivity contribution >= 4 is 23.4 Å². The maximum Gasteiger partial charge on any atom is 0.490 e. The van der Waals surface area contributed by atoms with Crippen molar-refractivity contribution in [1.29, 1.82) is 0 Å². The molecule has 2 fully saturated rings. The first kappa shape index (κ1) is 27.1. The molecule has 0 atom stereocenters. The van der Waals surface area contributed by atoms with Crippen LogP contribution in [0.2, 0.25) is 0 Å². The van der Waals surface area contributed by atoms with Crippen molar-refractivity contribution in [1.82, 2.24) is 19.8 Å². The minimum Gasteiger partial charge on any atom is -0.475 e. The standard InChI is InChI=1S/C22H30N4OS.C2HF3O2/c1-16(2)20-19(24-25-28-20)21(27)23-18-14-22(15-18)9-12-26(13-10-22)11-8-17-6-4-3-5-7-17;3-2(4,5)1(6)7/h3-7,16,18H,8-15H2,1-2H3,(H,23,27);(H,6,7). The fourth-order valence-corrected chi connectivity index (χ4v) is 5.31. The molecule has 1 aliphatic carbocycles. The van der Waals surface area contributed by atoms with E-state index >= 15 is 0 Å². The van der Waals surface area contributed by atoms with E-state index in [0.29, 0.717) is 17.2 Å². The topological polar surface area (TPSA) is 95.4 Å². The van der Waals surface area contributed by atoms with Gasteiger partial charge in [-0.3, -0.25) is 4.79 Å². The van der Waals surface area contributed by atoms with E-state index in [1.807, 2.05) is 0 Å². The molecule has 1 aliphatic heterocycles. The maximum atomic E-state index is 12.6. The van der Waals surface area contributed by atoms with Crippen LogP contribution in [0, 0.1) is 5.41 Å². The largest absolute Gasteiger partial charge is 0.490 e. The Hall–Kier alpha value is -2.53. The zero-order chi connectivity index (χ0) is 25.6. The monoisotopic (exact) mass is 512 g/mol. The van der Waals surface area contributed by atoms with Crippen LogP contribution in [0.25, 0.3) is 0 Å². The molecule has 1 saturated carbocycles. The lowest BCUT2D eigenvalue weighted by Crippen LogP contribution is -2.55. The first-order valence-corrected chi connectivity index (χ1v) is 12.5. The number of hydrogen-bond donors (Lipinski definition) is 2. The Labute approximate surface area is 206 Å². The summed E-state index contributed by atoms with van der Waals surface area (Å²) < 4.78 is 35.7. The second-order valence-corrected chi connectivity index (χ2v) is 10.4. The number of benzene rings is 1. The average Bonchev–Trinajstić information content (AvgIpc) is 3.29. The van der Waals surface area contributed by atoms with Crippen LogP contribution >= 0.6 is 11.5 Å². The first-order chi connectivity index (χ1) is 16.5. The molecular weight excluding hydrogens is 481 g/mol. The molecule has 2 N–H and O–H groups in total. The van der Waals surface area contributed by atoms with Crippen LogP contribution in [-0.2, 0) is 11.2 Å². The number of carboxylic acid groups (broad SMARTS) is 1. The molecule has 1 amide bonds. The van der Waals surface area contributed by atoms with Gasteiger partial charge in [0.2, 0.25) is 0 Å². The number of aromatic nitrogens is 2. The summed E-state index contributed by atoms with van der Waals surface area (Å²) in [5.41, 5.74) is 2.39. The smallest absolute Gasteiger partial charge is 0.475 e. The fraction of sp³-hybridized carbons (Fsp3) is 0.583. The van der Waals surface area contributed by atoms with Gasteiger partial charge in [0.15, 0.2) is 5.69 Å². The van der Waals surface area contributed by atoms with Crippen molar-refractivity contribution in [2.75, 3.05) is 19.6 Å². The molecule has 2 heterocycles. The summed E-state index contributed by atoms with van der Waals surface area (Å²) in [6, 6.07) is 11.0. The molecule has 1 saturated heterocycles. The van der Waals surface area contributed by atoms with Crippen LogP contribution in [0.3, 0.4) is 0 Å². The predicted molar refractivity (Wildman–Crippen MR) is 126 cm³/mol. The summed E-state index contributed by atoms with van der Waals surface area (Å²) >= 11 is 1.34. The third-order valence-electron chi connectivity index (χ3n) is 6.67. The number of carboxylic acids is 1. The van der Waals surface area contributed by atoms with Crippen molar-refractivity contribution in [3.05, 3.63) is 46.5 Å². The quantitative estimate of drug-likeness (QED) is 0.591. The van der Waals surface area contributed by atoms with E-state index in [1.165, 1.54) is 43.0 Å². The highest BCUT2D eigenvalue weighted by molar-refractivity contribution is 7.05. The first-order valence-electron chi connectivity index (χ1n) is 11.7. The number of halogens is 3. The van der Waals surface area contributed by atoms with Crippen molar-refractivity contribution in [2.24, 2.45) is 5.41 Å². The number of nitrogens with zero attached hydrogens (tertiary/aromatic N) is 3. The molecule has 0 radical (unpaired) electrons. The number of hydrogen-bond acceptors (Lipinski definition) is 6. The van der Waals surface area contributed by atoms with Gasteiger partial charge in [0.25, 0.3) is 5.91 Å². The van der Waals surface area contributed by atoms with Gasteiger partial charge < -0.3 is 15.3 Å². The van der Waals surface area contributed by atoms with Gasteiger partial charge in [0, 0.05) is 12.6 Å². The Morgan fingerprint density at radius 3 is 2.34 bits per heavy atom. The highest BCUT2D eigenvalue weighted by Gasteiger charge is 2.46.